The molecule has 5 rings (SSSR count). The fourth-order valence-corrected chi connectivity index (χ4v) is 6.61. The first-order chi connectivity index (χ1) is 18.5. The second-order valence-corrected chi connectivity index (χ2v) is 17.3. The Labute approximate surface area is 228 Å². The molecule has 4 heterocycles. The SMILES string of the molecule is CCC1(OC(=O)CCCN)C(=O)OCc2c1cc1n(c2=O)Cc2c-1nc1ccc(N)cc1c2CC[Si](C)(C)C. The van der Waals surface area contributed by atoms with E-state index in [1.807, 2.05) is 18.2 Å². The van der Waals surface area contributed by atoms with Crippen LogP contribution >= 0.6 is 0 Å². The van der Waals surface area contributed by atoms with Crippen molar-refractivity contribution in [3.63, 3.8) is 0 Å². The fourth-order valence-electron chi connectivity index (χ4n) is 5.61. The van der Waals surface area contributed by atoms with Crippen molar-refractivity contribution in [3.8, 4) is 11.4 Å². The smallest absolute Gasteiger partial charge is 0.355 e. The number of nitrogens with zero attached hydrogens (tertiary/aromatic N) is 2. The summed E-state index contributed by atoms with van der Waals surface area (Å²) in [7, 11) is -1.37. The van der Waals surface area contributed by atoms with Gasteiger partial charge in [-0.2, -0.15) is 0 Å². The van der Waals surface area contributed by atoms with Crippen LogP contribution in [-0.2, 0) is 44.2 Å². The molecule has 0 amide bonds. The minimum Gasteiger partial charge on any atom is -0.457 e. The standard InChI is InChI=1S/C29H36N4O5Si/c1-5-29(38-25(34)7-6-11-30)22-14-24-26-20(15-33(24)27(35)21(22)16-37-28(29)36)18(10-12-39(2,3)4)19-13-17(31)8-9-23(19)32-26/h8-9,13-14H,5-7,10-12,15-16,30-31H2,1-4H3. The monoisotopic (exact) mass is 548 g/mol. The number of hydrogen-bond acceptors (Lipinski definition) is 8. The molecule has 4 N–H and O–H groups in total. The Bertz CT molecular complexity index is 1560. The maximum Gasteiger partial charge on any atom is 0.355 e. The molecule has 3 aromatic rings. The summed E-state index contributed by atoms with van der Waals surface area (Å²) in [4.78, 5) is 44.7. The summed E-state index contributed by atoms with van der Waals surface area (Å²) in [6.45, 7) is 9.30. The number of aryl methyl sites for hydroxylation is 1. The van der Waals surface area contributed by atoms with Gasteiger partial charge in [0.25, 0.3) is 5.56 Å². The fraction of sp³-hybridized carbons (Fsp3) is 0.448. The van der Waals surface area contributed by atoms with Gasteiger partial charge in [0, 0.05) is 36.7 Å². The van der Waals surface area contributed by atoms with Crippen molar-refractivity contribution < 1.29 is 19.1 Å². The lowest BCUT2D eigenvalue weighted by atomic mass is 9.85. The van der Waals surface area contributed by atoms with E-state index < -0.39 is 25.6 Å². The van der Waals surface area contributed by atoms with Crippen LogP contribution < -0.4 is 17.0 Å². The van der Waals surface area contributed by atoms with Crippen molar-refractivity contribution in [3.05, 3.63) is 56.9 Å². The predicted octanol–water partition coefficient (Wildman–Crippen LogP) is 3.83. The van der Waals surface area contributed by atoms with E-state index in [1.54, 1.807) is 17.6 Å². The Balaban J connectivity index is 1.71. The number of esters is 2. The van der Waals surface area contributed by atoms with Crippen molar-refractivity contribution in [2.75, 3.05) is 12.3 Å². The van der Waals surface area contributed by atoms with E-state index >= 15 is 0 Å². The third-order valence-electron chi connectivity index (χ3n) is 7.80. The van der Waals surface area contributed by atoms with Gasteiger partial charge in [0.2, 0.25) is 5.60 Å². The first-order valence-corrected chi connectivity index (χ1v) is 17.3. The number of anilines is 1. The molecule has 9 nitrogen and oxygen atoms in total. The Morgan fingerprint density at radius 1 is 1.21 bits per heavy atom. The van der Waals surface area contributed by atoms with Crippen molar-refractivity contribution in [1.82, 2.24) is 9.55 Å². The quantitative estimate of drug-likeness (QED) is 0.192. The van der Waals surface area contributed by atoms with Crippen LogP contribution in [0.1, 0.15) is 48.4 Å². The summed E-state index contributed by atoms with van der Waals surface area (Å²) in [5, 5.41) is 1.01. The molecule has 0 spiro atoms. The Kier molecular flexibility index (Phi) is 6.88. The number of pyridine rings is 2. The molecule has 1 unspecified atom stereocenters. The third-order valence-corrected chi connectivity index (χ3v) is 9.55. The highest BCUT2D eigenvalue weighted by Gasteiger charge is 2.50. The molecule has 1 atom stereocenters. The van der Waals surface area contributed by atoms with E-state index in [0.29, 0.717) is 42.0 Å². The summed E-state index contributed by atoms with van der Waals surface area (Å²) in [6, 6.07) is 8.59. The maximum absolute atomic E-state index is 13.9. The van der Waals surface area contributed by atoms with Crippen LogP contribution in [0.4, 0.5) is 5.69 Å². The molecule has 0 saturated heterocycles. The van der Waals surface area contributed by atoms with E-state index in [2.05, 4.69) is 19.6 Å². The normalized spacial score (nSPS) is 17.9. The number of cyclic esters (lactones) is 1. The number of nitrogen functional groups attached to an aromatic ring is 1. The lowest BCUT2D eigenvalue weighted by molar-refractivity contribution is -0.189. The van der Waals surface area contributed by atoms with Crippen LogP contribution in [0, 0.1) is 0 Å². The number of hydrogen-bond donors (Lipinski definition) is 2. The Morgan fingerprint density at radius 3 is 2.67 bits per heavy atom. The molecule has 10 heteroatoms. The minimum atomic E-state index is -1.69. The molecule has 206 valence electrons. The highest BCUT2D eigenvalue weighted by atomic mass is 28.3. The highest BCUT2D eigenvalue weighted by molar-refractivity contribution is 6.76. The average Bonchev–Trinajstić information content (AvgIpc) is 3.25. The average molecular weight is 549 g/mol. The number of ether oxygens (including phenoxy) is 2. The second-order valence-electron chi connectivity index (χ2n) is 11.7. The summed E-state index contributed by atoms with van der Waals surface area (Å²) in [6.07, 6.45) is 1.50. The predicted molar refractivity (Wildman–Crippen MR) is 153 cm³/mol. The summed E-state index contributed by atoms with van der Waals surface area (Å²) < 4.78 is 12.9. The lowest BCUT2D eigenvalue weighted by Gasteiger charge is -2.35. The van der Waals surface area contributed by atoms with Gasteiger partial charge >= 0.3 is 11.9 Å². The van der Waals surface area contributed by atoms with Gasteiger partial charge in [0.05, 0.1) is 29.0 Å². The summed E-state index contributed by atoms with van der Waals surface area (Å²) in [5.41, 5.74) is 15.5. The van der Waals surface area contributed by atoms with Gasteiger partial charge in [-0.05, 0) is 55.6 Å². The summed E-state index contributed by atoms with van der Waals surface area (Å²) >= 11 is 0. The lowest BCUT2D eigenvalue weighted by Crippen LogP contribution is -2.47. The van der Waals surface area contributed by atoms with Crippen LogP contribution in [0.15, 0.2) is 29.1 Å². The van der Waals surface area contributed by atoms with Gasteiger partial charge in [0.1, 0.15) is 6.61 Å². The van der Waals surface area contributed by atoms with Crippen LogP contribution in [0.25, 0.3) is 22.3 Å². The molecule has 0 radical (unpaired) electrons. The molecule has 39 heavy (non-hydrogen) atoms. The van der Waals surface area contributed by atoms with E-state index in [-0.39, 0.29) is 25.0 Å². The number of nitrogens with two attached hydrogens (primary N) is 2. The molecular weight excluding hydrogens is 512 g/mol. The van der Waals surface area contributed by atoms with Crippen LogP contribution in [0.5, 0.6) is 0 Å². The molecule has 0 saturated carbocycles. The van der Waals surface area contributed by atoms with E-state index in [9.17, 15) is 14.4 Å². The van der Waals surface area contributed by atoms with E-state index in [4.69, 9.17) is 25.9 Å². The number of aromatic nitrogens is 2. The number of benzene rings is 1. The zero-order chi connectivity index (χ0) is 28.1. The molecule has 2 aromatic heterocycles. The van der Waals surface area contributed by atoms with Gasteiger partial charge in [-0.25, -0.2) is 9.78 Å². The van der Waals surface area contributed by atoms with Crippen LogP contribution in [-0.4, -0.2) is 36.1 Å². The number of fused-ring (bicyclic) bond motifs is 5. The maximum atomic E-state index is 13.9. The first-order valence-electron chi connectivity index (χ1n) is 13.6. The van der Waals surface area contributed by atoms with Crippen molar-refractivity contribution in [2.45, 2.75) is 77.0 Å². The molecular formula is C29H36N4O5Si. The van der Waals surface area contributed by atoms with Gasteiger partial charge in [0.15, 0.2) is 0 Å². The van der Waals surface area contributed by atoms with Crippen LogP contribution in [0.3, 0.4) is 0 Å². The van der Waals surface area contributed by atoms with Crippen molar-refractivity contribution >= 4 is 36.6 Å². The zero-order valence-electron chi connectivity index (χ0n) is 23.1. The zero-order valence-corrected chi connectivity index (χ0v) is 24.1. The van der Waals surface area contributed by atoms with Crippen LogP contribution in [0.2, 0.25) is 25.7 Å². The number of carbonyl (C=O) groups is 2. The largest absolute Gasteiger partial charge is 0.457 e. The summed E-state index contributed by atoms with van der Waals surface area (Å²) in [5.74, 6) is -1.22. The molecule has 2 aliphatic heterocycles. The Morgan fingerprint density at radius 2 is 1.97 bits per heavy atom. The molecule has 0 bridgehead atoms. The molecule has 1 aromatic carbocycles. The topological polar surface area (TPSA) is 140 Å². The number of carbonyl (C=O) groups excluding carboxylic acids is 2. The second kappa shape index (κ2) is 9.91. The third kappa shape index (κ3) is 4.65. The van der Waals surface area contributed by atoms with Gasteiger partial charge in [-0.3, -0.25) is 9.59 Å². The highest BCUT2D eigenvalue weighted by Crippen LogP contribution is 2.42. The van der Waals surface area contributed by atoms with Crippen molar-refractivity contribution in [1.29, 1.82) is 0 Å². The van der Waals surface area contributed by atoms with E-state index in [0.717, 1.165) is 40.2 Å². The molecule has 2 aliphatic rings. The first kappa shape index (κ1) is 27.1. The molecule has 0 fully saturated rings. The van der Waals surface area contributed by atoms with Crippen molar-refractivity contribution in [2.24, 2.45) is 5.73 Å². The molecule has 0 aliphatic carbocycles. The minimum absolute atomic E-state index is 0.0742. The van der Waals surface area contributed by atoms with Gasteiger partial charge in [-0.15, -0.1) is 0 Å². The van der Waals surface area contributed by atoms with Gasteiger partial charge < -0.3 is 25.5 Å². The Hall–Kier alpha value is -3.50. The van der Waals surface area contributed by atoms with E-state index in [1.165, 1.54) is 0 Å². The van der Waals surface area contributed by atoms with Gasteiger partial charge in [-0.1, -0.05) is 32.6 Å². The number of rotatable bonds is 8.